The maximum atomic E-state index is 10.3. The summed E-state index contributed by atoms with van der Waals surface area (Å²) in [5.74, 6) is -1.65. The van der Waals surface area contributed by atoms with Crippen molar-refractivity contribution in [2.45, 2.75) is 26.4 Å². The molecule has 0 amide bonds. The van der Waals surface area contributed by atoms with Crippen LogP contribution in [0, 0.1) is 5.92 Å². The Hall–Kier alpha value is -0.830. The monoisotopic (exact) mass is 158 g/mol. The quantitative estimate of drug-likeness (QED) is 0.601. The Labute approximate surface area is 66.4 Å². The smallest absolute Gasteiger partial charge is 0.308 e. The zero-order valence-corrected chi connectivity index (χ0v) is 6.82. The Morgan fingerprint density at radius 1 is 1.64 bits per heavy atom. The van der Waals surface area contributed by atoms with Crippen LogP contribution in [0.3, 0.4) is 0 Å². The van der Waals surface area contributed by atoms with E-state index < -0.39 is 18.0 Å². The van der Waals surface area contributed by atoms with Gasteiger partial charge in [-0.15, -0.1) is 0 Å². The van der Waals surface area contributed by atoms with E-state index >= 15 is 0 Å². The summed E-state index contributed by atoms with van der Waals surface area (Å²) < 4.78 is 0. The van der Waals surface area contributed by atoms with Crippen LogP contribution in [-0.2, 0) is 4.79 Å². The van der Waals surface area contributed by atoms with Gasteiger partial charge in [0.25, 0.3) is 0 Å². The molecular weight excluding hydrogens is 144 g/mol. The lowest BCUT2D eigenvalue weighted by Crippen LogP contribution is -2.24. The van der Waals surface area contributed by atoms with Gasteiger partial charge in [-0.3, -0.25) is 4.79 Å². The molecule has 0 unspecified atom stereocenters. The van der Waals surface area contributed by atoms with Crippen LogP contribution in [0.4, 0.5) is 0 Å². The van der Waals surface area contributed by atoms with Gasteiger partial charge in [0.15, 0.2) is 0 Å². The highest BCUT2D eigenvalue weighted by molar-refractivity contribution is 5.70. The van der Waals surface area contributed by atoms with Crippen molar-refractivity contribution in [3.8, 4) is 0 Å². The Balaban J connectivity index is 3.82. The first-order valence-corrected chi connectivity index (χ1v) is 3.61. The van der Waals surface area contributed by atoms with Gasteiger partial charge in [-0.1, -0.05) is 12.2 Å². The number of rotatable bonds is 4. The summed E-state index contributed by atoms with van der Waals surface area (Å²) in [6.07, 6.45) is 3.18. The minimum Gasteiger partial charge on any atom is -0.481 e. The SMILES string of the molecule is C/C=C/C[C@@H](O)[C@@H](C)C(=O)O. The van der Waals surface area contributed by atoms with Gasteiger partial charge >= 0.3 is 5.97 Å². The minimum absolute atomic E-state index is 0.407. The van der Waals surface area contributed by atoms with E-state index in [1.54, 1.807) is 12.2 Å². The lowest BCUT2D eigenvalue weighted by atomic mass is 10.0. The fourth-order valence-corrected chi connectivity index (χ4v) is 0.644. The van der Waals surface area contributed by atoms with Crippen molar-refractivity contribution in [3.05, 3.63) is 12.2 Å². The van der Waals surface area contributed by atoms with E-state index in [0.717, 1.165) is 0 Å². The molecule has 0 heterocycles. The zero-order chi connectivity index (χ0) is 8.85. The van der Waals surface area contributed by atoms with Crippen molar-refractivity contribution in [3.63, 3.8) is 0 Å². The van der Waals surface area contributed by atoms with Gasteiger partial charge in [0.2, 0.25) is 0 Å². The van der Waals surface area contributed by atoms with Crippen molar-refractivity contribution in [2.75, 3.05) is 0 Å². The number of hydrogen-bond acceptors (Lipinski definition) is 2. The second-order valence-corrected chi connectivity index (χ2v) is 2.50. The number of aliphatic hydroxyl groups excluding tert-OH is 1. The van der Waals surface area contributed by atoms with Gasteiger partial charge in [-0.2, -0.15) is 0 Å². The third kappa shape index (κ3) is 3.78. The number of carboxylic acid groups (broad SMARTS) is 1. The molecule has 0 aliphatic rings. The Morgan fingerprint density at radius 2 is 2.18 bits per heavy atom. The first-order chi connectivity index (χ1) is 5.09. The standard InChI is InChI=1S/C8H14O3/c1-3-4-5-7(9)6(2)8(10)11/h3-4,6-7,9H,5H2,1-2H3,(H,10,11)/b4-3+/t6-,7-/m1/s1. The molecule has 0 aromatic heterocycles. The van der Waals surface area contributed by atoms with Crippen molar-refractivity contribution in [1.82, 2.24) is 0 Å². The van der Waals surface area contributed by atoms with Crippen LogP contribution in [0.2, 0.25) is 0 Å². The summed E-state index contributed by atoms with van der Waals surface area (Å²) in [4.78, 5) is 10.3. The molecule has 3 heteroatoms. The van der Waals surface area contributed by atoms with E-state index in [-0.39, 0.29) is 0 Å². The molecule has 3 nitrogen and oxygen atoms in total. The third-order valence-corrected chi connectivity index (χ3v) is 1.58. The van der Waals surface area contributed by atoms with Crippen LogP contribution < -0.4 is 0 Å². The zero-order valence-electron chi connectivity index (χ0n) is 6.82. The lowest BCUT2D eigenvalue weighted by Gasteiger charge is -2.11. The molecule has 0 aromatic carbocycles. The van der Waals surface area contributed by atoms with E-state index in [1.807, 2.05) is 6.92 Å². The molecule has 2 N–H and O–H groups in total. The number of aliphatic hydroxyl groups is 1. The van der Waals surface area contributed by atoms with Crippen LogP contribution in [0.1, 0.15) is 20.3 Å². The molecule has 64 valence electrons. The summed E-state index contributed by atoms with van der Waals surface area (Å²) in [5.41, 5.74) is 0. The van der Waals surface area contributed by atoms with Crippen molar-refractivity contribution in [2.24, 2.45) is 5.92 Å². The first kappa shape index (κ1) is 10.2. The van der Waals surface area contributed by atoms with Crippen molar-refractivity contribution in [1.29, 1.82) is 0 Å². The molecule has 11 heavy (non-hydrogen) atoms. The van der Waals surface area contributed by atoms with E-state index in [4.69, 9.17) is 5.11 Å². The lowest BCUT2D eigenvalue weighted by molar-refractivity contribution is -0.144. The average Bonchev–Trinajstić information content (AvgIpc) is 1.98. The summed E-state index contributed by atoms with van der Waals surface area (Å²) in [5, 5.41) is 17.7. The highest BCUT2D eigenvalue weighted by Gasteiger charge is 2.19. The molecule has 0 radical (unpaired) electrons. The van der Waals surface area contributed by atoms with Gasteiger partial charge < -0.3 is 10.2 Å². The molecule has 0 aliphatic carbocycles. The Kier molecular flexibility index (Phi) is 4.54. The Bertz CT molecular complexity index is 151. The second kappa shape index (κ2) is 4.91. The summed E-state index contributed by atoms with van der Waals surface area (Å²) in [7, 11) is 0. The number of carboxylic acids is 1. The third-order valence-electron chi connectivity index (χ3n) is 1.58. The maximum absolute atomic E-state index is 10.3. The van der Waals surface area contributed by atoms with Gasteiger partial charge in [-0.25, -0.2) is 0 Å². The van der Waals surface area contributed by atoms with E-state index in [1.165, 1.54) is 6.92 Å². The molecule has 0 saturated carbocycles. The average molecular weight is 158 g/mol. The number of allylic oxidation sites excluding steroid dienone is 1. The largest absolute Gasteiger partial charge is 0.481 e. The predicted molar refractivity (Wildman–Crippen MR) is 42.2 cm³/mol. The van der Waals surface area contributed by atoms with Gasteiger partial charge in [0, 0.05) is 0 Å². The molecule has 0 bridgehead atoms. The van der Waals surface area contributed by atoms with Crippen molar-refractivity contribution < 1.29 is 15.0 Å². The van der Waals surface area contributed by atoms with E-state index in [9.17, 15) is 9.90 Å². The fourth-order valence-electron chi connectivity index (χ4n) is 0.644. The molecule has 2 atom stereocenters. The fraction of sp³-hybridized carbons (Fsp3) is 0.625. The molecule has 0 aromatic rings. The molecule has 0 aliphatic heterocycles. The van der Waals surface area contributed by atoms with Crippen LogP contribution >= 0.6 is 0 Å². The first-order valence-electron chi connectivity index (χ1n) is 3.61. The van der Waals surface area contributed by atoms with Crippen LogP contribution in [0.5, 0.6) is 0 Å². The Morgan fingerprint density at radius 3 is 2.55 bits per heavy atom. The summed E-state index contributed by atoms with van der Waals surface area (Å²) in [6, 6.07) is 0. The van der Waals surface area contributed by atoms with Crippen LogP contribution in [-0.4, -0.2) is 22.3 Å². The highest BCUT2D eigenvalue weighted by atomic mass is 16.4. The van der Waals surface area contributed by atoms with Crippen LogP contribution in [0.25, 0.3) is 0 Å². The van der Waals surface area contributed by atoms with E-state index in [2.05, 4.69) is 0 Å². The normalized spacial score (nSPS) is 16.6. The minimum atomic E-state index is -0.956. The van der Waals surface area contributed by atoms with Crippen LogP contribution in [0.15, 0.2) is 12.2 Å². The molecule has 0 saturated heterocycles. The van der Waals surface area contributed by atoms with Gasteiger partial charge in [-0.05, 0) is 20.3 Å². The highest BCUT2D eigenvalue weighted by Crippen LogP contribution is 2.07. The van der Waals surface area contributed by atoms with Gasteiger partial charge in [0.05, 0.1) is 12.0 Å². The number of carbonyl (C=O) groups is 1. The molecule has 0 fully saturated rings. The van der Waals surface area contributed by atoms with E-state index in [0.29, 0.717) is 6.42 Å². The molecule has 0 spiro atoms. The number of hydrogen-bond donors (Lipinski definition) is 2. The summed E-state index contributed by atoms with van der Waals surface area (Å²) >= 11 is 0. The number of aliphatic carboxylic acids is 1. The maximum Gasteiger partial charge on any atom is 0.308 e. The summed E-state index contributed by atoms with van der Waals surface area (Å²) in [6.45, 7) is 3.33. The second-order valence-electron chi connectivity index (χ2n) is 2.50. The molecule has 0 rings (SSSR count). The predicted octanol–water partition coefficient (Wildman–Crippen LogP) is 1.03. The van der Waals surface area contributed by atoms with Gasteiger partial charge in [0.1, 0.15) is 0 Å². The van der Waals surface area contributed by atoms with Crippen molar-refractivity contribution >= 4 is 5.97 Å². The topological polar surface area (TPSA) is 57.5 Å². The molecular formula is C8H14O3.